The maximum Gasteiger partial charge on any atom is 0.513 e. The Kier molecular flexibility index (Phi) is 6.83. The number of carbonyl (C=O) groups is 3. The summed E-state index contributed by atoms with van der Waals surface area (Å²) in [5, 5.41) is 5.73. The molecule has 3 aromatic carbocycles. The fourth-order valence-electron chi connectivity index (χ4n) is 3.26. The van der Waals surface area contributed by atoms with Gasteiger partial charge in [-0.2, -0.15) is 0 Å². The summed E-state index contributed by atoms with van der Waals surface area (Å²) in [5.41, 5.74) is 3.77. The summed E-state index contributed by atoms with van der Waals surface area (Å²) in [6, 6.07) is 18.6. The van der Waals surface area contributed by atoms with Crippen molar-refractivity contribution in [3.63, 3.8) is 0 Å². The fraction of sp³-hybridized carbons (Fsp3) is 0.120. The monoisotopic (exact) mass is 458 g/mol. The van der Waals surface area contributed by atoms with Crippen LogP contribution in [0, 0.1) is 0 Å². The minimum Gasteiger partial charge on any atom is -0.434 e. The predicted molar refractivity (Wildman–Crippen MR) is 126 cm³/mol. The van der Waals surface area contributed by atoms with Crippen molar-refractivity contribution in [2.75, 3.05) is 11.9 Å². The van der Waals surface area contributed by atoms with E-state index >= 15 is 0 Å². The molecule has 9 nitrogen and oxygen atoms in total. The van der Waals surface area contributed by atoms with Crippen LogP contribution in [0.2, 0.25) is 0 Å². The second-order valence-corrected chi connectivity index (χ2v) is 7.24. The molecule has 4 rings (SSSR count). The van der Waals surface area contributed by atoms with E-state index in [-0.39, 0.29) is 30.7 Å². The normalized spacial score (nSPS) is 10.5. The first-order valence-electron chi connectivity index (χ1n) is 10.6. The maximum absolute atomic E-state index is 12.8. The third-order valence-electron chi connectivity index (χ3n) is 4.97. The molecule has 0 bridgehead atoms. The van der Waals surface area contributed by atoms with Gasteiger partial charge in [0.25, 0.3) is 11.8 Å². The molecule has 0 aliphatic carbocycles. The molecule has 3 N–H and O–H groups in total. The van der Waals surface area contributed by atoms with Gasteiger partial charge in [0.1, 0.15) is 5.75 Å². The number of hydrogen-bond acceptors (Lipinski definition) is 6. The number of hydrogen-bond donors (Lipinski definition) is 3. The lowest BCUT2D eigenvalue weighted by atomic mass is 10.1. The number of fused-ring (bicyclic) bond motifs is 1. The molecule has 2 amide bonds. The van der Waals surface area contributed by atoms with Crippen LogP contribution in [0.5, 0.6) is 5.75 Å². The zero-order chi connectivity index (χ0) is 23.9. The lowest BCUT2D eigenvalue weighted by Gasteiger charge is -2.12. The van der Waals surface area contributed by atoms with E-state index in [0.717, 1.165) is 16.6 Å². The molecule has 0 spiro atoms. The van der Waals surface area contributed by atoms with Gasteiger partial charge in [-0.1, -0.05) is 18.2 Å². The Labute approximate surface area is 195 Å². The van der Waals surface area contributed by atoms with Crippen molar-refractivity contribution in [1.29, 1.82) is 0 Å². The molecule has 0 unspecified atom stereocenters. The Morgan fingerprint density at radius 3 is 2.50 bits per heavy atom. The van der Waals surface area contributed by atoms with Crippen molar-refractivity contribution >= 4 is 34.7 Å². The van der Waals surface area contributed by atoms with Crippen molar-refractivity contribution in [2.24, 2.45) is 0 Å². The van der Waals surface area contributed by atoms with Gasteiger partial charge in [-0.25, -0.2) is 9.78 Å². The number of carbonyl (C=O) groups excluding carboxylic acids is 3. The molecule has 0 saturated heterocycles. The van der Waals surface area contributed by atoms with Gasteiger partial charge in [0.2, 0.25) is 0 Å². The van der Waals surface area contributed by atoms with Gasteiger partial charge in [0.15, 0.2) is 0 Å². The van der Waals surface area contributed by atoms with E-state index in [1.807, 2.05) is 12.1 Å². The molecule has 1 aromatic heterocycles. The van der Waals surface area contributed by atoms with Crippen LogP contribution in [0.4, 0.5) is 10.5 Å². The number of ether oxygens (including phenoxy) is 2. The third-order valence-corrected chi connectivity index (χ3v) is 4.97. The Morgan fingerprint density at radius 1 is 0.941 bits per heavy atom. The minimum absolute atomic E-state index is 0.204. The fourth-order valence-corrected chi connectivity index (χ4v) is 3.26. The van der Waals surface area contributed by atoms with E-state index in [2.05, 4.69) is 20.6 Å². The Bertz CT molecular complexity index is 1330. The zero-order valence-electron chi connectivity index (χ0n) is 18.3. The standard InChI is InChI=1S/C25H22N4O5/c1-2-33-25(32)34-19-10-7-16(8-11-19)23(30)26-14-18-5-3-4-6-20(18)29-24(31)17-9-12-21-22(13-17)28-15-27-21/h3-13,15H,2,14H2,1H3,(H,26,30)(H,27,28)(H,29,31). The number of aromatic nitrogens is 2. The molecule has 34 heavy (non-hydrogen) atoms. The van der Waals surface area contributed by atoms with Crippen molar-refractivity contribution in [3.8, 4) is 5.75 Å². The minimum atomic E-state index is -0.803. The summed E-state index contributed by atoms with van der Waals surface area (Å²) in [6.45, 7) is 2.09. The summed E-state index contributed by atoms with van der Waals surface area (Å²) in [4.78, 5) is 43.8. The summed E-state index contributed by atoms with van der Waals surface area (Å²) >= 11 is 0. The van der Waals surface area contributed by atoms with E-state index in [0.29, 0.717) is 16.8 Å². The van der Waals surface area contributed by atoms with Crippen LogP contribution in [-0.2, 0) is 11.3 Å². The highest BCUT2D eigenvalue weighted by Gasteiger charge is 2.12. The number of nitrogens with zero attached hydrogens (tertiary/aromatic N) is 1. The van der Waals surface area contributed by atoms with Crippen LogP contribution in [-0.4, -0.2) is 34.5 Å². The number of imidazole rings is 1. The van der Waals surface area contributed by atoms with Crippen LogP contribution < -0.4 is 15.4 Å². The van der Waals surface area contributed by atoms with Crippen LogP contribution in [0.3, 0.4) is 0 Å². The summed E-state index contributed by atoms with van der Waals surface area (Å²) in [6.07, 6.45) is 0.772. The number of H-pyrrole nitrogens is 1. The number of anilines is 1. The lowest BCUT2D eigenvalue weighted by Crippen LogP contribution is -2.24. The van der Waals surface area contributed by atoms with Crippen LogP contribution in [0.25, 0.3) is 11.0 Å². The number of amides is 2. The number of nitrogens with one attached hydrogen (secondary N) is 3. The molecule has 172 valence electrons. The van der Waals surface area contributed by atoms with E-state index in [1.54, 1.807) is 55.7 Å². The van der Waals surface area contributed by atoms with Crippen molar-refractivity contribution in [1.82, 2.24) is 15.3 Å². The Balaban J connectivity index is 1.38. The highest BCUT2D eigenvalue weighted by Crippen LogP contribution is 2.19. The zero-order valence-corrected chi connectivity index (χ0v) is 18.3. The summed E-state index contributed by atoms with van der Waals surface area (Å²) in [7, 11) is 0. The van der Waals surface area contributed by atoms with Crippen LogP contribution in [0.1, 0.15) is 33.2 Å². The quantitative estimate of drug-likeness (QED) is 0.281. The van der Waals surface area contributed by atoms with E-state index in [4.69, 9.17) is 9.47 Å². The molecule has 4 aromatic rings. The van der Waals surface area contributed by atoms with E-state index in [9.17, 15) is 14.4 Å². The van der Waals surface area contributed by atoms with Crippen molar-refractivity contribution in [2.45, 2.75) is 13.5 Å². The van der Waals surface area contributed by atoms with E-state index in [1.165, 1.54) is 12.1 Å². The van der Waals surface area contributed by atoms with Crippen molar-refractivity contribution < 1.29 is 23.9 Å². The molecule has 0 radical (unpaired) electrons. The highest BCUT2D eigenvalue weighted by molar-refractivity contribution is 6.06. The average molecular weight is 458 g/mol. The molecular weight excluding hydrogens is 436 g/mol. The Hall–Kier alpha value is -4.66. The van der Waals surface area contributed by atoms with Gasteiger partial charge >= 0.3 is 6.16 Å². The molecule has 0 atom stereocenters. The first kappa shape index (κ1) is 22.5. The predicted octanol–water partition coefficient (Wildman–Crippen LogP) is 4.28. The number of rotatable bonds is 7. The molecule has 1 heterocycles. The lowest BCUT2D eigenvalue weighted by molar-refractivity contribution is 0.0950. The number of para-hydroxylation sites is 1. The smallest absolute Gasteiger partial charge is 0.434 e. The number of aromatic amines is 1. The number of benzene rings is 3. The van der Waals surface area contributed by atoms with Gasteiger partial charge in [-0.15, -0.1) is 0 Å². The topological polar surface area (TPSA) is 122 Å². The van der Waals surface area contributed by atoms with Crippen LogP contribution >= 0.6 is 0 Å². The first-order valence-corrected chi connectivity index (χ1v) is 10.6. The summed E-state index contributed by atoms with van der Waals surface area (Å²) in [5.74, 6) is -0.308. The highest BCUT2D eigenvalue weighted by atomic mass is 16.7. The molecule has 0 fully saturated rings. The largest absolute Gasteiger partial charge is 0.513 e. The van der Waals surface area contributed by atoms with Gasteiger partial charge in [-0.05, 0) is 61.0 Å². The van der Waals surface area contributed by atoms with Gasteiger partial charge < -0.3 is 25.1 Å². The average Bonchev–Trinajstić information content (AvgIpc) is 3.32. The van der Waals surface area contributed by atoms with Gasteiger partial charge in [0, 0.05) is 23.4 Å². The van der Waals surface area contributed by atoms with Gasteiger partial charge in [-0.3, -0.25) is 9.59 Å². The van der Waals surface area contributed by atoms with E-state index < -0.39 is 6.16 Å². The van der Waals surface area contributed by atoms with Gasteiger partial charge in [0.05, 0.1) is 24.0 Å². The van der Waals surface area contributed by atoms with Crippen molar-refractivity contribution in [3.05, 3.63) is 89.7 Å². The second kappa shape index (κ2) is 10.3. The second-order valence-electron chi connectivity index (χ2n) is 7.24. The molecule has 9 heteroatoms. The molecule has 0 aliphatic rings. The Morgan fingerprint density at radius 2 is 1.71 bits per heavy atom. The SMILES string of the molecule is CCOC(=O)Oc1ccc(C(=O)NCc2ccccc2NC(=O)c2ccc3nc[nH]c3c2)cc1. The summed E-state index contributed by atoms with van der Waals surface area (Å²) < 4.78 is 9.71. The van der Waals surface area contributed by atoms with Crippen LogP contribution in [0.15, 0.2) is 73.1 Å². The molecule has 0 saturated carbocycles. The maximum atomic E-state index is 12.8. The third kappa shape index (κ3) is 5.39. The first-order chi connectivity index (χ1) is 16.5. The molecular formula is C25H22N4O5. The molecule has 0 aliphatic heterocycles.